The van der Waals surface area contributed by atoms with Crippen LogP contribution in [0.15, 0.2) is 12.1 Å². The van der Waals surface area contributed by atoms with Crippen LogP contribution in [-0.2, 0) is 0 Å². The van der Waals surface area contributed by atoms with E-state index in [9.17, 15) is 0 Å². The summed E-state index contributed by atoms with van der Waals surface area (Å²) in [5, 5.41) is 0. The van der Waals surface area contributed by atoms with Crippen LogP contribution in [0.2, 0.25) is 0 Å². The van der Waals surface area contributed by atoms with E-state index in [4.69, 9.17) is 16.2 Å². The lowest BCUT2D eigenvalue weighted by Gasteiger charge is -2.15. The maximum Gasteiger partial charge on any atom is 0.124 e. The monoisotopic (exact) mass is 208 g/mol. The molecule has 0 amide bonds. The molecule has 15 heavy (non-hydrogen) atoms. The molecule has 0 saturated heterocycles. The predicted molar refractivity (Wildman–Crippen MR) is 63.1 cm³/mol. The SMILES string of the molecule is COc1c(C)cc([C@H](N)CCN)cc1C. The first kappa shape index (κ1) is 12.0. The molecule has 0 bridgehead atoms. The quantitative estimate of drug-likeness (QED) is 0.791. The molecule has 0 aromatic heterocycles. The van der Waals surface area contributed by atoms with Gasteiger partial charge in [0, 0.05) is 6.04 Å². The molecule has 3 heteroatoms. The molecule has 1 aromatic rings. The van der Waals surface area contributed by atoms with Crippen molar-refractivity contribution >= 4 is 0 Å². The summed E-state index contributed by atoms with van der Waals surface area (Å²) in [7, 11) is 1.69. The van der Waals surface area contributed by atoms with Crippen molar-refractivity contribution in [1.29, 1.82) is 0 Å². The van der Waals surface area contributed by atoms with E-state index >= 15 is 0 Å². The number of benzene rings is 1. The van der Waals surface area contributed by atoms with Crippen LogP contribution in [0.3, 0.4) is 0 Å². The molecule has 1 aromatic carbocycles. The van der Waals surface area contributed by atoms with Gasteiger partial charge in [-0.25, -0.2) is 0 Å². The fraction of sp³-hybridized carbons (Fsp3) is 0.500. The van der Waals surface area contributed by atoms with E-state index in [2.05, 4.69) is 12.1 Å². The van der Waals surface area contributed by atoms with E-state index in [-0.39, 0.29) is 6.04 Å². The summed E-state index contributed by atoms with van der Waals surface area (Å²) in [4.78, 5) is 0. The molecule has 1 rings (SSSR count). The molecule has 0 aliphatic carbocycles. The third-order valence-electron chi connectivity index (χ3n) is 2.59. The van der Waals surface area contributed by atoms with Gasteiger partial charge in [0.15, 0.2) is 0 Å². The van der Waals surface area contributed by atoms with Crippen molar-refractivity contribution in [3.05, 3.63) is 28.8 Å². The number of hydrogen-bond acceptors (Lipinski definition) is 3. The van der Waals surface area contributed by atoms with E-state index in [0.717, 1.165) is 28.9 Å². The van der Waals surface area contributed by atoms with Crippen LogP contribution in [-0.4, -0.2) is 13.7 Å². The number of methoxy groups -OCH3 is 1. The Morgan fingerprint density at radius 2 is 1.80 bits per heavy atom. The van der Waals surface area contributed by atoms with Crippen molar-refractivity contribution < 1.29 is 4.74 Å². The fourth-order valence-corrected chi connectivity index (χ4v) is 1.87. The second kappa shape index (κ2) is 5.14. The second-order valence-corrected chi connectivity index (χ2v) is 3.87. The van der Waals surface area contributed by atoms with Gasteiger partial charge in [0.2, 0.25) is 0 Å². The van der Waals surface area contributed by atoms with Crippen LogP contribution < -0.4 is 16.2 Å². The highest BCUT2D eigenvalue weighted by molar-refractivity contribution is 5.44. The lowest BCUT2D eigenvalue weighted by atomic mass is 9.99. The van der Waals surface area contributed by atoms with Crippen molar-refractivity contribution in [3.63, 3.8) is 0 Å². The van der Waals surface area contributed by atoms with Crippen molar-refractivity contribution in [1.82, 2.24) is 0 Å². The van der Waals surface area contributed by atoms with E-state index in [1.807, 2.05) is 13.8 Å². The summed E-state index contributed by atoms with van der Waals surface area (Å²) in [5.74, 6) is 0.943. The third kappa shape index (κ3) is 2.70. The molecule has 0 fully saturated rings. The summed E-state index contributed by atoms with van der Waals surface area (Å²) < 4.78 is 5.30. The van der Waals surface area contributed by atoms with Crippen LogP contribution >= 0.6 is 0 Å². The van der Waals surface area contributed by atoms with E-state index in [1.165, 1.54) is 0 Å². The highest BCUT2D eigenvalue weighted by Gasteiger charge is 2.10. The first-order valence-corrected chi connectivity index (χ1v) is 5.21. The number of aryl methyl sites for hydroxylation is 2. The average Bonchev–Trinajstić information content (AvgIpc) is 2.17. The molecule has 1 atom stereocenters. The van der Waals surface area contributed by atoms with Gasteiger partial charge in [0.1, 0.15) is 5.75 Å². The minimum absolute atomic E-state index is 0.0262. The van der Waals surface area contributed by atoms with Crippen LogP contribution in [0, 0.1) is 13.8 Å². The highest BCUT2D eigenvalue weighted by atomic mass is 16.5. The third-order valence-corrected chi connectivity index (χ3v) is 2.59. The Bertz CT molecular complexity index is 313. The summed E-state index contributed by atoms with van der Waals surface area (Å²) in [6.45, 7) is 4.68. The Hall–Kier alpha value is -1.06. The Balaban J connectivity index is 3.02. The lowest BCUT2D eigenvalue weighted by Crippen LogP contribution is -2.15. The van der Waals surface area contributed by atoms with Crippen molar-refractivity contribution in [2.24, 2.45) is 11.5 Å². The van der Waals surface area contributed by atoms with Gasteiger partial charge in [-0.05, 0) is 43.5 Å². The fourth-order valence-electron chi connectivity index (χ4n) is 1.87. The molecule has 0 spiro atoms. The van der Waals surface area contributed by atoms with Gasteiger partial charge in [0.05, 0.1) is 7.11 Å². The largest absolute Gasteiger partial charge is 0.496 e. The van der Waals surface area contributed by atoms with Gasteiger partial charge in [-0.1, -0.05) is 12.1 Å². The summed E-state index contributed by atoms with van der Waals surface area (Å²) in [6.07, 6.45) is 0.811. The highest BCUT2D eigenvalue weighted by Crippen LogP contribution is 2.27. The summed E-state index contributed by atoms with van der Waals surface area (Å²) in [5.41, 5.74) is 14.9. The average molecular weight is 208 g/mol. The Kier molecular flexibility index (Phi) is 4.12. The van der Waals surface area contributed by atoms with E-state index < -0.39 is 0 Å². The normalized spacial score (nSPS) is 12.6. The molecule has 0 saturated carbocycles. The molecule has 0 aliphatic rings. The minimum Gasteiger partial charge on any atom is -0.496 e. The number of ether oxygens (including phenoxy) is 1. The maximum absolute atomic E-state index is 6.01. The Morgan fingerprint density at radius 3 is 2.20 bits per heavy atom. The van der Waals surface area contributed by atoms with Gasteiger partial charge in [-0.3, -0.25) is 0 Å². The van der Waals surface area contributed by atoms with Gasteiger partial charge >= 0.3 is 0 Å². The first-order valence-electron chi connectivity index (χ1n) is 5.21. The summed E-state index contributed by atoms with van der Waals surface area (Å²) in [6, 6.07) is 4.18. The molecule has 0 aliphatic heterocycles. The molecular formula is C12H20N2O. The molecule has 3 nitrogen and oxygen atoms in total. The van der Waals surface area contributed by atoms with Gasteiger partial charge in [0.25, 0.3) is 0 Å². The van der Waals surface area contributed by atoms with Crippen LogP contribution in [0.4, 0.5) is 0 Å². The zero-order chi connectivity index (χ0) is 11.4. The zero-order valence-electron chi connectivity index (χ0n) is 9.71. The topological polar surface area (TPSA) is 61.3 Å². The minimum atomic E-state index is 0.0262. The maximum atomic E-state index is 6.01. The lowest BCUT2D eigenvalue weighted by molar-refractivity contribution is 0.408. The van der Waals surface area contributed by atoms with Crippen molar-refractivity contribution in [2.45, 2.75) is 26.3 Å². The predicted octanol–water partition coefficient (Wildman–Crippen LogP) is 1.66. The van der Waals surface area contributed by atoms with Gasteiger partial charge in [-0.15, -0.1) is 0 Å². The van der Waals surface area contributed by atoms with E-state index in [1.54, 1.807) is 7.11 Å². The van der Waals surface area contributed by atoms with Crippen LogP contribution in [0.5, 0.6) is 5.75 Å². The molecule has 0 heterocycles. The number of hydrogen-bond donors (Lipinski definition) is 2. The summed E-state index contributed by atoms with van der Waals surface area (Å²) >= 11 is 0. The number of nitrogens with two attached hydrogens (primary N) is 2. The molecule has 0 radical (unpaired) electrons. The standard InChI is InChI=1S/C12H20N2O/c1-8-6-10(11(14)4-5-13)7-9(2)12(8)15-3/h6-7,11H,4-5,13-14H2,1-3H3/t11-/m1/s1. The zero-order valence-corrected chi connectivity index (χ0v) is 9.71. The molecule has 4 N–H and O–H groups in total. The van der Waals surface area contributed by atoms with Gasteiger partial charge < -0.3 is 16.2 Å². The second-order valence-electron chi connectivity index (χ2n) is 3.87. The van der Waals surface area contributed by atoms with Crippen LogP contribution in [0.1, 0.15) is 29.2 Å². The van der Waals surface area contributed by atoms with Crippen LogP contribution in [0.25, 0.3) is 0 Å². The van der Waals surface area contributed by atoms with Crippen molar-refractivity contribution in [2.75, 3.05) is 13.7 Å². The van der Waals surface area contributed by atoms with Gasteiger partial charge in [-0.2, -0.15) is 0 Å². The molecular weight excluding hydrogens is 188 g/mol. The Morgan fingerprint density at radius 1 is 1.27 bits per heavy atom. The van der Waals surface area contributed by atoms with E-state index in [0.29, 0.717) is 6.54 Å². The smallest absolute Gasteiger partial charge is 0.124 e. The van der Waals surface area contributed by atoms with Crippen molar-refractivity contribution in [3.8, 4) is 5.75 Å². The molecule has 84 valence electrons. The Labute approximate surface area is 91.4 Å². The molecule has 0 unspecified atom stereocenters. The first-order chi connectivity index (χ1) is 7.10. The number of rotatable bonds is 4.